The van der Waals surface area contributed by atoms with Crippen LogP contribution in [-0.2, 0) is 0 Å². The lowest BCUT2D eigenvalue weighted by atomic mass is 10.1. The Morgan fingerprint density at radius 2 is 1.93 bits per heavy atom. The first-order valence-electron chi connectivity index (χ1n) is 4.17. The molecule has 0 fully saturated rings. The van der Waals surface area contributed by atoms with Crippen LogP contribution in [0.25, 0.3) is 11.3 Å². The normalized spacial score (nSPS) is 10.3. The summed E-state index contributed by atoms with van der Waals surface area (Å²) in [6, 6.07) is 6.56. The molecule has 0 amide bonds. The van der Waals surface area contributed by atoms with Crippen molar-refractivity contribution in [3.8, 4) is 11.3 Å². The number of benzene rings is 1. The lowest BCUT2D eigenvalue weighted by molar-refractivity contribution is 1.02. The number of nitrogens with one attached hydrogen (secondary N) is 1. The van der Waals surface area contributed by atoms with Crippen LogP contribution in [0.15, 0.2) is 35.3 Å². The van der Waals surface area contributed by atoms with Gasteiger partial charge in [-0.15, -0.1) is 0 Å². The highest BCUT2D eigenvalue weighted by molar-refractivity contribution is 6.42. The van der Waals surface area contributed by atoms with E-state index in [1.54, 1.807) is 18.2 Å². The average molecular weight is 241 g/mol. The minimum atomic E-state index is -0.158. The van der Waals surface area contributed by atoms with Gasteiger partial charge in [-0.3, -0.25) is 9.89 Å². The quantitative estimate of drug-likeness (QED) is 0.834. The molecule has 0 atom stereocenters. The molecule has 1 aromatic carbocycles. The van der Waals surface area contributed by atoms with Crippen molar-refractivity contribution >= 4 is 23.2 Å². The molecule has 15 heavy (non-hydrogen) atoms. The predicted octanol–water partition coefficient (Wildman–Crippen LogP) is 2.74. The molecule has 0 aliphatic carbocycles. The van der Waals surface area contributed by atoms with Gasteiger partial charge in [0.1, 0.15) is 0 Å². The number of hydrogen-bond donors (Lipinski definition) is 1. The molecule has 2 rings (SSSR count). The second-order valence-electron chi connectivity index (χ2n) is 2.96. The Balaban J connectivity index is 2.55. The molecule has 0 aliphatic rings. The molecule has 76 valence electrons. The third kappa shape index (κ3) is 2.19. The van der Waals surface area contributed by atoms with Crippen LogP contribution >= 0.6 is 23.2 Å². The predicted molar refractivity (Wildman–Crippen MR) is 60.3 cm³/mol. The van der Waals surface area contributed by atoms with Crippen molar-refractivity contribution in [1.29, 1.82) is 0 Å². The van der Waals surface area contributed by atoms with Gasteiger partial charge in [0.15, 0.2) is 0 Å². The van der Waals surface area contributed by atoms with E-state index < -0.39 is 0 Å². The SMILES string of the molecule is O=c1cn[nH]c(-c2ccc(Cl)c(Cl)c2)c1. The number of rotatable bonds is 1. The fourth-order valence-corrected chi connectivity index (χ4v) is 1.49. The summed E-state index contributed by atoms with van der Waals surface area (Å²) in [6.45, 7) is 0. The van der Waals surface area contributed by atoms with Gasteiger partial charge in [-0.2, -0.15) is 5.10 Å². The van der Waals surface area contributed by atoms with E-state index in [4.69, 9.17) is 23.2 Å². The van der Waals surface area contributed by atoms with Crippen LogP contribution in [0.1, 0.15) is 0 Å². The Kier molecular flexibility index (Phi) is 2.75. The van der Waals surface area contributed by atoms with Crippen LogP contribution in [0.4, 0.5) is 0 Å². The van der Waals surface area contributed by atoms with Crippen LogP contribution in [0.5, 0.6) is 0 Å². The smallest absolute Gasteiger partial charge is 0.200 e. The molecule has 0 spiro atoms. The van der Waals surface area contributed by atoms with Gasteiger partial charge in [0.05, 0.1) is 21.9 Å². The van der Waals surface area contributed by atoms with Gasteiger partial charge < -0.3 is 0 Å². The van der Waals surface area contributed by atoms with Crippen molar-refractivity contribution < 1.29 is 0 Å². The Labute approximate surface area is 95.7 Å². The van der Waals surface area contributed by atoms with Crippen LogP contribution in [0, 0.1) is 0 Å². The molecule has 0 saturated heterocycles. The summed E-state index contributed by atoms with van der Waals surface area (Å²) in [5.74, 6) is 0. The summed E-state index contributed by atoms with van der Waals surface area (Å²) < 4.78 is 0. The second kappa shape index (κ2) is 4.04. The molecule has 1 N–H and O–H groups in total. The first kappa shape index (κ1) is 10.2. The van der Waals surface area contributed by atoms with E-state index >= 15 is 0 Å². The highest BCUT2D eigenvalue weighted by Gasteiger charge is 2.02. The summed E-state index contributed by atoms with van der Waals surface area (Å²) in [5, 5.41) is 7.34. The molecule has 0 bridgehead atoms. The number of halogens is 2. The Morgan fingerprint density at radius 3 is 2.60 bits per heavy atom. The van der Waals surface area contributed by atoms with E-state index in [0.29, 0.717) is 15.7 Å². The van der Waals surface area contributed by atoms with Crippen molar-refractivity contribution in [2.45, 2.75) is 0 Å². The number of hydrogen-bond acceptors (Lipinski definition) is 2. The first-order chi connectivity index (χ1) is 7.16. The highest BCUT2D eigenvalue weighted by atomic mass is 35.5. The van der Waals surface area contributed by atoms with Gasteiger partial charge in [0.2, 0.25) is 5.43 Å². The Hall–Kier alpha value is -1.32. The van der Waals surface area contributed by atoms with Crippen molar-refractivity contribution in [3.63, 3.8) is 0 Å². The van der Waals surface area contributed by atoms with Gasteiger partial charge in [-0.1, -0.05) is 29.3 Å². The molecule has 5 heteroatoms. The maximum absolute atomic E-state index is 11.1. The van der Waals surface area contributed by atoms with E-state index in [1.807, 2.05) is 0 Å². The molecule has 0 unspecified atom stereocenters. The molecular weight excluding hydrogens is 235 g/mol. The van der Waals surface area contributed by atoms with Gasteiger partial charge >= 0.3 is 0 Å². The summed E-state index contributed by atoms with van der Waals surface area (Å²) in [4.78, 5) is 11.1. The van der Waals surface area contributed by atoms with Gasteiger partial charge in [0.25, 0.3) is 0 Å². The third-order valence-electron chi connectivity index (χ3n) is 1.89. The van der Waals surface area contributed by atoms with Crippen molar-refractivity contribution in [2.75, 3.05) is 0 Å². The lowest BCUT2D eigenvalue weighted by Gasteiger charge is -2.01. The number of nitrogens with zero attached hydrogens (tertiary/aromatic N) is 1. The van der Waals surface area contributed by atoms with Crippen LogP contribution < -0.4 is 5.43 Å². The van der Waals surface area contributed by atoms with E-state index in [1.165, 1.54) is 12.3 Å². The lowest BCUT2D eigenvalue weighted by Crippen LogP contribution is -2.01. The van der Waals surface area contributed by atoms with E-state index in [0.717, 1.165) is 5.56 Å². The minimum Gasteiger partial charge on any atom is -0.288 e. The second-order valence-corrected chi connectivity index (χ2v) is 3.77. The maximum Gasteiger partial charge on any atom is 0.200 e. The molecule has 3 nitrogen and oxygen atoms in total. The van der Waals surface area contributed by atoms with E-state index in [9.17, 15) is 4.79 Å². The fourth-order valence-electron chi connectivity index (χ4n) is 1.19. The summed E-state index contributed by atoms with van der Waals surface area (Å²) in [5.41, 5.74) is 1.23. The maximum atomic E-state index is 11.1. The molecule has 0 aliphatic heterocycles. The molecule has 2 aromatic rings. The molecule has 0 radical (unpaired) electrons. The number of aromatic nitrogens is 2. The standard InChI is InChI=1S/C10H6Cl2N2O/c11-8-2-1-6(3-9(8)12)10-4-7(15)5-13-14-10/h1-5H,(H,14,15). The van der Waals surface area contributed by atoms with Crippen molar-refractivity contribution in [1.82, 2.24) is 10.2 Å². The van der Waals surface area contributed by atoms with Crippen molar-refractivity contribution in [3.05, 3.63) is 50.7 Å². The topological polar surface area (TPSA) is 45.8 Å². The number of H-pyrrole nitrogens is 1. The van der Waals surface area contributed by atoms with Crippen LogP contribution in [-0.4, -0.2) is 10.2 Å². The van der Waals surface area contributed by atoms with Crippen LogP contribution in [0.2, 0.25) is 10.0 Å². The highest BCUT2D eigenvalue weighted by Crippen LogP contribution is 2.26. The zero-order valence-corrected chi connectivity index (χ0v) is 9.01. The third-order valence-corrected chi connectivity index (χ3v) is 2.63. The van der Waals surface area contributed by atoms with Gasteiger partial charge in [0, 0.05) is 11.6 Å². The van der Waals surface area contributed by atoms with Crippen LogP contribution in [0.3, 0.4) is 0 Å². The van der Waals surface area contributed by atoms with Gasteiger partial charge in [-0.25, -0.2) is 0 Å². The fraction of sp³-hybridized carbons (Fsp3) is 0. The van der Waals surface area contributed by atoms with E-state index in [-0.39, 0.29) is 5.43 Å². The minimum absolute atomic E-state index is 0.158. The first-order valence-corrected chi connectivity index (χ1v) is 4.92. The van der Waals surface area contributed by atoms with E-state index in [2.05, 4.69) is 10.2 Å². The summed E-state index contributed by atoms with van der Waals surface area (Å²) >= 11 is 11.6. The zero-order chi connectivity index (χ0) is 10.8. The van der Waals surface area contributed by atoms with Gasteiger partial charge in [-0.05, 0) is 12.1 Å². The average Bonchev–Trinajstić information content (AvgIpc) is 2.22. The van der Waals surface area contributed by atoms with Crippen molar-refractivity contribution in [2.24, 2.45) is 0 Å². The molecule has 0 saturated carbocycles. The molecular formula is C10H6Cl2N2O. The monoisotopic (exact) mass is 240 g/mol. The zero-order valence-electron chi connectivity index (χ0n) is 7.50. The largest absolute Gasteiger partial charge is 0.288 e. The number of aromatic amines is 1. The molecule has 1 aromatic heterocycles. The Morgan fingerprint density at radius 1 is 1.13 bits per heavy atom. The summed E-state index contributed by atoms with van der Waals surface area (Å²) in [6.07, 6.45) is 1.21. The Bertz CT molecular complexity index is 551. The molecule has 1 heterocycles. The summed E-state index contributed by atoms with van der Waals surface area (Å²) in [7, 11) is 0.